The first-order chi connectivity index (χ1) is 9.90. The van der Waals surface area contributed by atoms with Crippen LogP contribution < -0.4 is 5.32 Å². The van der Waals surface area contributed by atoms with Gasteiger partial charge in [-0.1, -0.05) is 30.3 Å². The molecular formula is C16H16F3NO. The highest BCUT2D eigenvalue weighted by molar-refractivity contribution is 5.49. The predicted octanol–water partition coefficient (Wildman–Crippen LogP) is 4.12. The van der Waals surface area contributed by atoms with Gasteiger partial charge in [0.2, 0.25) is 0 Å². The number of aliphatic hydroxyl groups is 1. The van der Waals surface area contributed by atoms with Gasteiger partial charge in [-0.2, -0.15) is 13.2 Å². The highest BCUT2D eigenvalue weighted by Crippen LogP contribution is 2.33. The Morgan fingerprint density at radius 1 is 1.00 bits per heavy atom. The van der Waals surface area contributed by atoms with E-state index >= 15 is 0 Å². The second-order valence-corrected chi connectivity index (χ2v) is 4.86. The van der Waals surface area contributed by atoms with Crippen LogP contribution in [0.5, 0.6) is 0 Å². The molecule has 0 bridgehead atoms. The third-order valence-corrected chi connectivity index (χ3v) is 3.25. The van der Waals surface area contributed by atoms with E-state index in [1.807, 2.05) is 12.1 Å². The maximum absolute atomic E-state index is 12.8. The molecule has 0 aliphatic carbocycles. The lowest BCUT2D eigenvalue weighted by atomic mass is 10.1. The molecule has 2 rings (SSSR count). The van der Waals surface area contributed by atoms with Crippen LogP contribution in [0, 0.1) is 6.92 Å². The minimum atomic E-state index is -4.34. The molecule has 112 valence electrons. The van der Waals surface area contributed by atoms with Crippen molar-refractivity contribution in [3.8, 4) is 0 Å². The van der Waals surface area contributed by atoms with Crippen LogP contribution >= 0.6 is 0 Å². The Kier molecular flexibility index (Phi) is 4.53. The maximum atomic E-state index is 12.8. The Hall–Kier alpha value is -2.01. The Balaban J connectivity index is 2.09. The van der Waals surface area contributed by atoms with E-state index in [-0.39, 0.29) is 12.2 Å². The zero-order chi connectivity index (χ0) is 15.5. The molecule has 2 aromatic carbocycles. The fourth-order valence-electron chi connectivity index (χ4n) is 2.00. The number of benzene rings is 2. The van der Waals surface area contributed by atoms with Crippen molar-refractivity contribution in [3.05, 3.63) is 64.7 Å². The SMILES string of the molecule is Cc1ccc(NCc2ccc(CO)cc2)cc1C(F)(F)F. The summed E-state index contributed by atoms with van der Waals surface area (Å²) in [6, 6.07) is 11.4. The van der Waals surface area contributed by atoms with Gasteiger partial charge >= 0.3 is 6.18 Å². The number of aryl methyl sites for hydroxylation is 1. The van der Waals surface area contributed by atoms with Gasteiger partial charge in [-0.15, -0.1) is 0 Å². The molecule has 0 aliphatic heterocycles. The number of hydrogen-bond donors (Lipinski definition) is 2. The van der Waals surface area contributed by atoms with Crippen molar-refractivity contribution in [1.82, 2.24) is 0 Å². The van der Waals surface area contributed by atoms with E-state index in [1.54, 1.807) is 18.2 Å². The summed E-state index contributed by atoms with van der Waals surface area (Å²) in [5.41, 5.74) is 1.75. The minimum Gasteiger partial charge on any atom is -0.392 e. The van der Waals surface area contributed by atoms with Gasteiger partial charge < -0.3 is 10.4 Å². The van der Waals surface area contributed by atoms with Gasteiger partial charge in [0.25, 0.3) is 0 Å². The van der Waals surface area contributed by atoms with E-state index in [9.17, 15) is 13.2 Å². The molecule has 0 atom stereocenters. The Morgan fingerprint density at radius 2 is 1.62 bits per heavy atom. The predicted molar refractivity (Wildman–Crippen MR) is 75.9 cm³/mol. The molecule has 0 spiro atoms. The van der Waals surface area contributed by atoms with Crippen molar-refractivity contribution in [2.75, 3.05) is 5.32 Å². The highest BCUT2D eigenvalue weighted by atomic mass is 19.4. The molecular weight excluding hydrogens is 279 g/mol. The van der Waals surface area contributed by atoms with Crippen molar-refractivity contribution in [2.45, 2.75) is 26.3 Å². The van der Waals surface area contributed by atoms with Crippen molar-refractivity contribution < 1.29 is 18.3 Å². The van der Waals surface area contributed by atoms with Crippen LogP contribution in [0.1, 0.15) is 22.3 Å². The van der Waals surface area contributed by atoms with Gasteiger partial charge in [-0.05, 0) is 35.7 Å². The average molecular weight is 295 g/mol. The quantitative estimate of drug-likeness (QED) is 0.889. The number of hydrogen-bond acceptors (Lipinski definition) is 2. The van der Waals surface area contributed by atoms with Crippen molar-refractivity contribution in [3.63, 3.8) is 0 Å². The van der Waals surface area contributed by atoms with Crippen LogP contribution in [-0.4, -0.2) is 5.11 Å². The van der Waals surface area contributed by atoms with Gasteiger partial charge in [-0.3, -0.25) is 0 Å². The van der Waals surface area contributed by atoms with Crippen LogP contribution in [-0.2, 0) is 19.3 Å². The van der Waals surface area contributed by atoms with Gasteiger partial charge in [0.1, 0.15) is 0 Å². The number of aliphatic hydroxyl groups excluding tert-OH is 1. The number of nitrogens with one attached hydrogen (secondary N) is 1. The van der Waals surface area contributed by atoms with Crippen LogP contribution in [0.2, 0.25) is 0 Å². The number of alkyl halides is 3. The summed E-state index contributed by atoms with van der Waals surface area (Å²) < 4.78 is 38.5. The molecule has 0 heterocycles. The topological polar surface area (TPSA) is 32.3 Å². The largest absolute Gasteiger partial charge is 0.416 e. The maximum Gasteiger partial charge on any atom is 0.416 e. The van der Waals surface area contributed by atoms with E-state index < -0.39 is 11.7 Å². The van der Waals surface area contributed by atoms with Crippen LogP contribution in [0.15, 0.2) is 42.5 Å². The first kappa shape index (κ1) is 15.4. The van der Waals surface area contributed by atoms with Gasteiger partial charge in [0.05, 0.1) is 12.2 Å². The summed E-state index contributed by atoms with van der Waals surface area (Å²) in [6.45, 7) is 1.84. The van der Waals surface area contributed by atoms with E-state index in [2.05, 4.69) is 5.32 Å². The van der Waals surface area contributed by atoms with Crippen molar-refractivity contribution >= 4 is 5.69 Å². The Bertz CT molecular complexity index is 606. The summed E-state index contributed by atoms with van der Waals surface area (Å²) in [7, 11) is 0. The molecule has 2 nitrogen and oxygen atoms in total. The third-order valence-electron chi connectivity index (χ3n) is 3.25. The summed E-state index contributed by atoms with van der Waals surface area (Å²) in [6.07, 6.45) is -4.34. The molecule has 5 heteroatoms. The van der Waals surface area contributed by atoms with E-state index in [1.165, 1.54) is 13.0 Å². The molecule has 0 saturated heterocycles. The van der Waals surface area contributed by atoms with Gasteiger partial charge in [0, 0.05) is 12.2 Å². The monoisotopic (exact) mass is 295 g/mol. The molecule has 0 unspecified atom stereocenters. The van der Waals surface area contributed by atoms with Crippen molar-refractivity contribution in [1.29, 1.82) is 0 Å². The fourth-order valence-corrected chi connectivity index (χ4v) is 2.00. The lowest BCUT2D eigenvalue weighted by Crippen LogP contribution is -2.09. The molecule has 2 N–H and O–H groups in total. The normalized spacial score (nSPS) is 11.5. The number of rotatable bonds is 4. The molecule has 0 amide bonds. The lowest BCUT2D eigenvalue weighted by molar-refractivity contribution is -0.138. The second-order valence-electron chi connectivity index (χ2n) is 4.86. The van der Waals surface area contributed by atoms with Crippen LogP contribution in [0.25, 0.3) is 0 Å². The molecule has 0 aromatic heterocycles. The molecule has 2 aromatic rings. The Morgan fingerprint density at radius 3 is 2.19 bits per heavy atom. The minimum absolute atomic E-state index is 0.0272. The second kappa shape index (κ2) is 6.18. The fraction of sp³-hybridized carbons (Fsp3) is 0.250. The molecule has 0 radical (unpaired) electrons. The van der Waals surface area contributed by atoms with Crippen molar-refractivity contribution in [2.24, 2.45) is 0 Å². The standard InChI is InChI=1S/C16H16F3NO/c1-11-2-7-14(8-15(11)16(17,18)19)20-9-12-3-5-13(10-21)6-4-12/h2-8,20-21H,9-10H2,1H3. The number of anilines is 1. The van der Waals surface area contributed by atoms with E-state index in [0.717, 1.165) is 17.2 Å². The van der Waals surface area contributed by atoms with Gasteiger partial charge in [-0.25, -0.2) is 0 Å². The first-order valence-electron chi connectivity index (χ1n) is 6.50. The lowest BCUT2D eigenvalue weighted by Gasteiger charge is -2.13. The third kappa shape index (κ3) is 3.98. The molecule has 0 fully saturated rings. The summed E-state index contributed by atoms with van der Waals surface area (Å²) >= 11 is 0. The zero-order valence-electron chi connectivity index (χ0n) is 11.5. The van der Waals surface area contributed by atoms with E-state index in [4.69, 9.17) is 5.11 Å². The first-order valence-corrected chi connectivity index (χ1v) is 6.50. The summed E-state index contributed by atoms with van der Waals surface area (Å²) in [5, 5.41) is 11.9. The Labute approximate surface area is 121 Å². The zero-order valence-corrected chi connectivity index (χ0v) is 11.5. The number of halogens is 3. The summed E-state index contributed by atoms with van der Waals surface area (Å²) in [5.74, 6) is 0. The van der Waals surface area contributed by atoms with Crippen LogP contribution in [0.3, 0.4) is 0 Å². The molecule has 0 aliphatic rings. The highest BCUT2D eigenvalue weighted by Gasteiger charge is 2.32. The summed E-state index contributed by atoms with van der Waals surface area (Å²) in [4.78, 5) is 0. The smallest absolute Gasteiger partial charge is 0.392 e. The van der Waals surface area contributed by atoms with Crippen LogP contribution in [0.4, 0.5) is 18.9 Å². The average Bonchev–Trinajstić information content (AvgIpc) is 2.45. The van der Waals surface area contributed by atoms with Gasteiger partial charge in [0.15, 0.2) is 0 Å². The van der Waals surface area contributed by atoms with E-state index in [0.29, 0.717) is 12.2 Å². The molecule has 21 heavy (non-hydrogen) atoms. The molecule has 0 saturated carbocycles.